The van der Waals surface area contributed by atoms with Gasteiger partial charge in [0.25, 0.3) is 0 Å². The molecule has 0 spiro atoms. The van der Waals surface area contributed by atoms with E-state index >= 15 is 0 Å². The Kier molecular flexibility index (Phi) is 7.33. The van der Waals surface area contributed by atoms with Gasteiger partial charge in [-0.1, -0.05) is 68.5 Å². The summed E-state index contributed by atoms with van der Waals surface area (Å²) in [4.78, 5) is 0. The molecule has 0 saturated carbocycles. The summed E-state index contributed by atoms with van der Waals surface area (Å²) in [6, 6.07) is 18.7. The highest BCUT2D eigenvalue weighted by Gasteiger charge is 2.51. The predicted molar refractivity (Wildman–Crippen MR) is 130 cm³/mol. The average Bonchev–Trinajstić information content (AvgIpc) is 2.94. The minimum absolute atomic E-state index is 0.275. The van der Waals surface area contributed by atoms with Gasteiger partial charge in [-0.2, -0.15) is 0 Å². The monoisotopic (exact) mass is 420 g/mol. The Balaban J connectivity index is 1.42. The first kappa shape index (κ1) is 23.6. The fourth-order valence-electron chi connectivity index (χ4n) is 3.54. The van der Waals surface area contributed by atoms with Crippen LogP contribution < -0.4 is 10.2 Å². The van der Waals surface area contributed by atoms with Gasteiger partial charge in [-0.05, 0) is 75.5 Å². The quantitative estimate of drug-likeness (QED) is 0.370. The molecule has 0 aromatic heterocycles. The molecule has 2 aromatic rings. The number of rotatable bonds is 9. The van der Waals surface area contributed by atoms with Crippen molar-refractivity contribution in [3.8, 4) is 5.75 Å². The lowest BCUT2D eigenvalue weighted by Crippen LogP contribution is -2.41. The third-order valence-electron chi connectivity index (χ3n) is 6.52. The third-order valence-corrected chi connectivity index (χ3v) is 6.52. The van der Waals surface area contributed by atoms with Gasteiger partial charge in [-0.3, -0.25) is 0 Å². The molecule has 0 radical (unpaired) electrons. The summed E-state index contributed by atoms with van der Waals surface area (Å²) in [5.74, 6) is 0.855. The SMILES string of the molecule is CC(C)(C/C=C/COc1ccc(B2OC(C)(C)C(C)(C)O2)cc1)CCc1ccccc1. The lowest BCUT2D eigenvalue weighted by Gasteiger charge is -2.32. The van der Waals surface area contributed by atoms with Crippen LogP contribution in [0.1, 0.15) is 59.9 Å². The second kappa shape index (κ2) is 9.62. The first-order valence-corrected chi connectivity index (χ1v) is 11.4. The van der Waals surface area contributed by atoms with Gasteiger partial charge in [0, 0.05) is 0 Å². The van der Waals surface area contributed by atoms with E-state index < -0.39 is 0 Å². The van der Waals surface area contributed by atoms with Crippen LogP contribution in [0.4, 0.5) is 0 Å². The van der Waals surface area contributed by atoms with Crippen LogP contribution in [0.25, 0.3) is 0 Å². The Bertz CT molecular complexity index is 838. The Labute approximate surface area is 189 Å². The molecule has 0 atom stereocenters. The maximum atomic E-state index is 6.11. The first-order chi connectivity index (χ1) is 14.6. The molecule has 3 rings (SSSR count). The highest BCUT2D eigenvalue weighted by atomic mass is 16.7. The van der Waals surface area contributed by atoms with E-state index in [0.29, 0.717) is 6.61 Å². The number of benzene rings is 2. The highest BCUT2D eigenvalue weighted by molar-refractivity contribution is 6.62. The van der Waals surface area contributed by atoms with Crippen LogP contribution >= 0.6 is 0 Å². The Morgan fingerprint density at radius 2 is 1.48 bits per heavy atom. The van der Waals surface area contributed by atoms with Crippen molar-refractivity contribution in [1.82, 2.24) is 0 Å². The van der Waals surface area contributed by atoms with E-state index in [1.165, 1.54) is 12.0 Å². The molecule has 2 aromatic carbocycles. The van der Waals surface area contributed by atoms with Crippen LogP contribution in [-0.2, 0) is 15.7 Å². The molecule has 1 aliphatic heterocycles. The van der Waals surface area contributed by atoms with Crippen molar-refractivity contribution >= 4 is 12.6 Å². The molecule has 0 bridgehead atoms. The summed E-state index contributed by atoms with van der Waals surface area (Å²) in [6.07, 6.45) is 7.69. The van der Waals surface area contributed by atoms with Gasteiger partial charge in [-0.25, -0.2) is 0 Å². The van der Waals surface area contributed by atoms with Crippen molar-refractivity contribution in [2.75, 3.05) is 6.61 Å². The Morgan fingerprint density at radius 1 is 0.871 bits per heavy atom. The fraction of sp³-hybridized carbons (Fsp3) is 0.481. The fourth-order valence-corrected chi connectivity index (χ4v) is 3.54. The molecular formula is C27H37BO3. The van der Waals surface area contributed by atoms with E-state index in [-0.39, 0.29) is 23.7 Å². The van der Waals surface area contributed by atoms with Gasteiger partial charge < -0.3 is 14.0 Å². The summed E-state index contributed by atoms with van der Waals surface area (Å²) in [7, 11) is -0.336. The van der Waals surface area contributed by atoms with Crippen LogP contribution in [0.2, 0.25) is 0 Å². The predicted octanol–water partition coefficient (Wildman–Crippen LogP) is 5.97. The zero-order valence-electron chi connectivity index (χ0n) is 20.0. The standard InChI is InChI=1S/C27H37BO3/c1-25(2,20-18-22-12-8-7-9-13-22)19-10-11-21-29-24-16-14-23(15-17-24)28-30-26(3,4)27(5,6)31-28/h7-17H,18-21H2,1-6H3/b11-10+. The zero-order valence-corrected chi connectivity index (χ0v) is 20.0. The van der Waals surface area contributed by atoms with Crippen molar-refractivity contribution in [2.45, 2.75) is 72.0 Å². The molecule has 31 heavy (non-hydrogen) atoms. The minimum Gasteiger partial charge on any atom is -0.490 e. The van der Waals surface area contributed by atoms with Crippen LogP contribution in [-0.4, -0.2) is 24.9 Å². The summed E-state index contributed by atoms with van der Waals surface area (Å²) >= 11 is 0. The zero-order chi connectivity index (χ0) is 22.5. The van der Waals surface area contributed by atoms with Gasteiger partial charge in [0.05, 0.1) is 11.2 Å². The van der Waals surface area contributed by atoms with Gasteiger partial charge >= 0.3 is 7.12 Å². The molecule has 0 aliphatic carbocycles. The number of hydrogen-bond donors (Lipinski definition) is 0. The van der Waals surface area contributed by atoms with Crippen LogP contribution in [0.5, 0.6) is 5.75 Å². The minimum atomic E-state index is -0.336. The Hall–Kier alpha value is -2.04. The van der Waals surface area contributed by atoms with E-state index in [2.05, 4.69) is 84.0 Å². The number of hydrogen-bond acceptors (Lipinski definition) is 3. The summed E-state index contributed by atoms with van der Waals surface area (Å²) in [6.45, 7) is 13.5. The largest absolute Gasteiger partial charge is 0.494 e. The molecule has 0 N–H and O–H groups in total. The maximum Gasteiger partial charge on any atom is 0.494 e. The van der Waals surface area contributed by atoms with Crippen molar-refractivity contribution in [2.24, 2.45) is 5.41 Å². The highest BCUT2D eigenvalue weighted by Crippen LogP contribution is 2.36. The molecule has 1 fully saturated rings. The summed E-state index contributed by atoms with van der Waals surface area (Å²) in [5, 5.41) is 0. The number of allylic oxidation sites excluding steroid dienone is 1. The van der Waals surface area contributed by atoms with Gasteiger partial charge in [0.2, 0.25) is 0 Å². The molecule has 1 heterocycles. The Morgan fingerprint density at radius 3 is 2.10 bits per heavy atom. The second-order valence-corrected chi connectivity index (χ2v) is 10.3. The second-order valence-electron chi connectivity index (χ2n) is 10.3. The smallest absolute Gasteiger partial charge is 0.490 e. The van der Waals surface area contributed by atoms with E-state index in [1.54, 1.807) is 0 Å². The van der Waals surface area contributed by atoms with Crippen LogP contribution in [0.3, 0.4) is 0 Å². The van der Waals surface area contributed by atoms with Crippen molar-refractivity contribution in [1.29, 1.82) is 0 Å². The average molecular weight is 420 g/mol. The van der Waals surface area contributed by atoms with E-state index in [1.807, 2.05) is 24.3 Å². The van der Waals surface area contributed by atoms with E-state index in [4.69, 9.17) is 14.0 Å². The first-order valence-electron chi connectivity index (χ1n) is 11.4. The lowest BCUT2D eigenvalue weighted by molar-refractivity contribution is 0.00578. The van der Waals surface area contributed by atoms with Crippen molar-refractivity contribution in [3.63, 3.8) is 0 Å². The molecule has 0 amide bonds. The molecule has 4 heteroatoms. The topological polar surface area (TPSA) is 27.7 Å². The van der Waals surface area contributed by atoms with Gasteiger partial charge in [0.1, 0.15) is 12.4 Å². The van der Waals surface area contributed by atoms with E-state index in [0.717, 1.165) is 24.1 Å². The van der Waals surface area contributed by atoms with Crippen molar-refractivity contribution < 1.29 is 14.0 Å². The number of aryl methyl sites for hydroxylation is 1. The molecule has 1 saturated heterocycles. The van der Waals surface area contributed by atoms with Gasteiger partial charge in [-0.15, -0.1) is 0 Å². The molecule has 3 nitrogen and oxygen atoms in total. The van der Waals surface area contributed by atoms with Crippen molar-refractivity contribution in [3.05, 3.63) is 72.3 Å². The molecule has 1 aliphatic rings. The lowest BCUT2D eigenvalue weighted by atomic mass is 9.79. The third kappa shape index (κ3) is 6.47. The van der Waals surface area contributed by atoms with Gasteiger partial charge in [0.15, 0.2) is 0 Å². The van der Waals surface area contributed by atoms with Crippen LogP contribution in [0, 0.1) is 5.41 Å². The molecule has 0 unspecified atom stereocenters. The van der Waals surface area contributed by atoms with E-state index in [9.17, 15) is 0 Å². The molecular weight excluding hydrogens is 383 g/mol. The molecule has 166 valence electrons. The normalized spacial score (nSPS) is 17.9. The summed E-state index contributed by atoms with van der Waals surface area (Å²) < 4.78 is 18.1. The number of ether oxygens (including phenoxy) is 1. The summed E-state index contributed by atoms with van der Waals surface area (Å²) in [5.41, 5.74) is 2.05. The van der Waals surface area contributed by atoms with Crippen LogP contribution in [0.15, 0.2) is 66.7 Å². The maximum absolute atomic E-state index is 6.11.